The van der Waals surface area contributed by atoms with E-state index in [4.69, 9.17) is 27.8 Å². The summed E-state index contributed by atoms with van der Waals surface area (Å²) in [6.07, 6.45) is 0. The Labute approximate surface area is 159 Å². The number of benzene rings is 1. The van der Waals surface area contributed by atoms with Gasteiger partial charge >= 0.3 is 0 Å². The highest BCUT2D eigenvalue weighted by atomic mass is 32.2. The second-order valence-electron chi connectivity index (χ2n) is 4.57. The van der Waals surface area contributed by atoms with Gasteiger partial charge in [-0.3, -0.25) is 9.56 Å². The Bertz CT molecular complexity index is 650. The van der Waals surface area contributed by atoms with Crippen LogP contribution in [0.2, 0.25) is 0 Å². The smallest absolute Gasteiger partial charge is 0.294 e. The molecule has 0 fully saturated rings. The van der Waals surface area contributed by atoms with Gasteiger partial charge in [-0.05, 0) is 45.1 Å². The van der Waals surface area contributed by atoms with E-state index >= 15 is 0 Å². The van der Waals surface area contributed by atoms with Crippen LogP contribution in [-0.2, 0) is 10.1 Å². The lowest BCUT2D eigenvalue weighted by Gasteiger charge is -2.12. The van der Waals surface area contributed by atoms with Gasteiger partial charge in [0.1, 0.15) is 0 Å². The minimum atomic E-state index is -4.02. The molecule has 0 aromatic heterocycles. The van der Waals surface area contributed by atoms with Crippen molar-refractivity contribution in [3.8, 4) is 0 Å². The van der Waals surface area contributed by atoms with Crippen LogP contribution in [0.5, 0.6) is 0 Å². The second-order valence-corrected chi connectivity index (χ2v) is 6.40. The summed E-state index contributed by atoms with van der Waals surface area (Å²) < 4.78 is 29.6. The van der Waals surface area contributed by atoms with Crippen LogP contribution >= 0.6 is 12.2 Å². The topological polar surface area (TPSA) is 198 Å². The van der Waals surface area contributed by atoms with Crippen molar-refractivity contribution in [3.63, 3.8) is 0 Å². The maximum Gasteiger partial charge on any atom is 0.294 e. The highest BCUT2D eigenvalue weighted by Crippen LogP contribution is 2.08. The van der Waals surface area contributed by atoms with Gasteiger partial charge in [-0.25, -0.2) is 11.7 Å². The molecular formula is C13H28N8O3S2. The number of thiocarbonyl (C=S) groups is 1. The number of nitrogens with two attached hydrogens (primary N) is 4. The number of hydrazone groups is 1. The molecule has 0 aliphatic heterocycles. The van der Waals surface area contributed by atoms with E-state index in [1.54, 1.807) is 12.1 Å². The van der Waals surface area contributed by atoms with Gasteiger partial charge in [0.15, 0.2) is 5.11 Å². The van der Waals surface area contributed by atoms with Crippen molar-refractivity contribution < 1.29 is 13.0 Å². The van der Waals surface area contributed by atoms with E-state index in [0.717, 1.165) is 12.1 Å². The van der Waals surface area contributed by atoms with Crippen LogP contribution in [0.4, 0.5) is 0 Å². The molecule has 0 heterocycles. The zero-order valence-electron chi connectivity index (χ0n) is 15.0. The normalized spacial score (nSPS) is 10.5. The first kappa shape index (κ1) is 26.0. The van der Waals surface area contributed by atoms with Gasteiger partial charge in [0.25, 0.3) is 10.1 Å². The first-order chi connectivity index (χ1) is 12.0. The lowest BCUT2D eigenvalue weighted by atomic mass is 10.2. The molecule has 0 spiro atoms. The Morgan fingerprint density at radius 2 is 1.81 bits per heavy atom. The summed E-state index contributed by atoms with van der Waals surface area (Å²) in [7, 11) is -4.02. The summed E-state index contributed by atoms with van der Waals surface area (Å²) in [5.41, 5.74) is 8.40. The molecule has 0 bridgehead atoms. The molecule has 0 atom stereocenters. The van der Waals surface area contributed by atoms with Crippen molar-refractivity contribution in [3.05, 3.63) is 29.8 Å². The minimum absolute atomic E-state index is 0.0666. The number of aryl methyl sites for hydroxylation is 1. The molecule has 11 N–H and O–H groups in total. The third-order valence-electron chi connectivity index (χ3n) is 2.55. The van der Waals surface area contributed by atoms with E-state index < -0.39 is 10.1 Å². The van der Waals surface area contributed by atoms with Crippen LogP contribution in [0.1, 0.15) is 19.4 Å². The molecule has 0 aliphatic carbocycles. The van der Waals surface area contributed by atoms with Crippen molar-refractivity contribution in [2.75, 3.05) is 13.1 Å². The maximum atomic E-state index is 10.5. The van der Waals surface area contributed by atoms with E-state index in [1.165, 1.54) is 17.1 Å². The standard InChI is InChI=1S/C7H8O3S.C3H11N5.C3H9N3S/c1-6-2-4-7(5-3-6)11(8,9)10;1-2-8(6)3(4)7-5;1-2-5-3(7)6-4/h2-5H,1H3,(H,8,9,10);2,5-6H2,1H3,(H2,4,7);2,4H2,1H3,(H2,5,6,7). The van der Waals surface area contributed by atoms with Gasteiger partial charge in [0, 0.05) is 13.1 Å². The Hall–Kier alpha value is -2.19. The molecule has 26 heavy (non-hydrogen) atoms. The van der Waals surface area contributed by atoms with Crippen LogP contribution in [0, 0.1) is 6.92 Å². The van der Waals surface area contributed by atoms with E-state index in [1.807, 2.05) is 20.8 Å². The summed E-state index contributed by atoms with van der Waals surface area (Å²) in [6.45, 7) is 7.05. The molecule has 0 saturated heterocycles. The lowest BCUT2D eigenvalue weighted by Crippen LogP contribution is -2.43. The number of nitrogens with one attached hydrogen (secondary N) is 2. The van der Waals surface area contributed by atoms with Crippen LogP contribution in [-0.4, -0.2) is 42.1 Å². The molecule has 1 aromatic carbocycles. The van der Waals surface area contributed by atoms with Crippen LogP contribution in [0.3, 0.4) is 0 Å². The Kier molecular flexibility index (Phi) is 14.1. The fourth-order valence-electron chi connectivity index (χ4n) is 1.16. The van der Waals surface area contributed by atoms with Crippen molar-refractivity contribution in [1.82, 2.24) is 15.8 Å². The number of hydrazine groups is 2. The quantitative estimate of drug-likeness (QED) is 0.0804. The second kappa shape index (κ2) is 14.0. The number of nitrogens with zero attached hydrogens (tertiary/aromatic N) is 2. The zero-order valence-corrected chi connectivity index (χ0v) is 16.6. The molecular weight excluding hydrogens is 380 g/mol. The number of hydrogen-bond donors (Lipinski definition) is 7. The number of guanidine groups is 1. The molecule has 0 amide bonds. The summed E-state index contributed by atoms with van der Waals surface area (Å²) in [4.78, 5) is -0.0666. The lowest BCUT2D eigenvalue weighted by molar-refractivity contribution is 0.458. The van der Waals surface area contributed by atoms with Gasteiger partial charge in [0.05, 0.1) is 4.90 Å². The number of rotatable bonds is 3. The van der Waals surface area contributed by atoms with E-state index in [9.17, 15) is 8.42 Å². The third-order valence-corrected chi connectivity index (χ3v) is 3.68. The van der Waals surface area contributed by atoms with Gasteiger partial charge < -0.3 is 22.3 Å². The van der Waals surface area contributed by atoms with Gasteiger partial charge in [-0.2, -0.15) is 8.42 Å². The molecule has 1 rings (SSSR count). The first-order valence-electron chi connectivity index (χ1n) is 7.37. The average molecular weight is 409 g/mol. The molecule has 0 aliphatic rings. The highest BCUT2D eigenvalue weighted by molar-refractivity contribution is 7.85. The van der Waals surface area contributed by atoms with Gasteiger partial charge in [-0.15, -0.1) is 5.10 Å². The van der Waals surface area contributed by atoms with Crippen LogP contribution in [0.15, 0.2) is 34.3 Å². The van der Waals surface area contributed by atoms with Crippen LogP contribution in [0.25, 0.3) is 0 Å². The third kappa shape index (κ3) is 13.1. The monoisotopic (exact) mass is 408 g/mol. The van der Waals surface area contributed by atoms with Gasteiger partial charge in [0.2, 0.25) is 5.96 Å². The van der Waals surface area contributed by atoms with E-state index in [2.05, 4.69) is 28.1 Å². The molecule has 0 saturated carbocycles. The van der Waals surface area contributed by atoms with E-state index in [-0.39, 0.29) is 10.9 Å². The Balaban J connectivity index is 0. The summed E-state index contributed by atoms with van der Waals surface area (Å²) in [5, 5.41) is 7.68. The largest absolute Gasteiger partial charge is 0.367 e. The molecule has 13 heteroatoms. The highest BCUT2D eigenvalue weighted by Gasteiger charge is 2.06. The summed E-state index contributed by atoms with van der Waals surface area (Å²) in [6, 6.07) is 5.99. The predicted molar refractivity (Wildman–Crippen MR) is 107 cm³/mol. The van der Waals surface area contributed by atoms with Crippen molar-refractivity contribution in [2.45, 2.75) is 25.7 Å². The average Bonchev–Trinajstić information content (AvgIpc) is 2.61. The summed E-state index contributed by atoms with van der Waals surface area (Å²) >= 11 is 4.61. The fraction of sp³-hybridized carbons (Fsp3) is 0.385. The van der Waals surface area contributed by atoms with E-state index in [0.29, 0.717) is 11.7 Å². The Morgan fingerprint density at radius 3 is 2.04 bits per heavy atom. The number of hydrogen-bond acceptors (Lipinski definition) is 7. The summed E-state index contributed by atoms with van der Waals surface area (Å²) in [5.74, 6) is 15.1. The first-order valence-corrected chi connectivity index (χ1v) is 9.22. The molecule has 0 radical (unpaired) electrons. The van der Waals surface area contributed by atoms with Crippen molar-refractivity contribution in [2.24, 2.45) is 28.4 Å². The van der Waals surface area contributed by atoms with Crippen molar-refractivity contribution >= 4 is 33.4 Å². The molecule has 11 nitrogen and oxygen atoms in total. The van der Waals surface area contributed by atoms with Gasteiger partial charge in [-0.1, -0.05) is 17.7 Å². The Morgan fingerprint density at radius 1 is 1.31 bits per heavy atom. The SMILES string of the molecule is CCN(N)/C(N)=N\N.CCNC(=S)NN.Cc1ccc(S(=O)(=O)O)cc1. The maximum absolute atomic E-state index is 10.5. The molecule has 150 valence electrons. The van der Waals surface area contributed by atoms with Crippen LogP contribution < -0.4 is 34.0 Å². The molecule has 1 aromatic rings. The predicted octanol–water partition coefficient (Wildman–Crippen LogP) is -1.04. The minimum Gasteiger partial charge on any atom is -0.367 e. The molecule has 0 unspecified atom stereocenters. The van der Waals surface area contributed by atoms with Crippen molar-refractivity contribution in [1.29, 1.82) is 0 Å². The zero-order chi connectivity index (χ0) is 20.8. The fourth-order valence-corrected chi connectivity index (χ4v) is 1.78.